The number of benzene rings is 1. The summed E-state index contributed by atoms with van der Waals surface area (Å²) in [5, 5.41) is 11.1. The number of rotatable bonds is 5. The predicted octanol–water partition coefficient (Wildman–Crippen LogP) is 3.55. The molecule has 1 aromatic rings. The summed E-state index contributed by atoms with van der Waals surface area (Å²) >= 11 is 14.0. The van der Waals surface area contributed by atoms with E-state index in [1.54, 1.807) is 0 Å². The average molecular weight is 414 g/mol. The van der Waals surface area contributed by atoms with E-state index in [1.165, 1.54) is 13.2 Å². The van der Waals surface area contributed by atoms with Crippen LogP contribution < -0.4 is 5.43 Å². The summed E-state index contributed by atoms with van der Waals surface area (Å²) < 4.78 is 18.5. The summed E-state index contributed by atoms with van der Waals surface area (Å²) in [5.74, 6) is -2.81. The largest absolute Gasteiger partial charge is 0.477 e. The van der Waals surface area contributed by atoms with E-state index in [0.717, 1.165) is 12.3 Å². The molecule has 0 heterocycles. The van der Waals surface area contributed by atoms with Gasteiger partial charge in [0.25, 0.3) is 0 Å². The van der Waals surface area contributed by atoms with Gasteiger partial charge in [-0.2, -0.15) is 5.10 Å². The monoisotopic (exact) mass is 412 g/mol. The molecule has 0 atom stereocenters. The Morgan fingerprint density at radius 1 is 1.45 bits per heavy atom. The molecule has 1 rings (SSSR count). The number of nitrogens with zero attached hydrogens (tertiary/aromatic N) is 1. The number of anilines is 1. The number of halogens is 4. The van der Waals surface area contributed by atoms with Crippen molar-refractivity contribution in [3.8, 4) is 0 Å². The molecule has 0 aliphatic carbocycles. The lowest BCUT2D eigenvalue weighted by molar-refractivity contribution is -0.131. The summed E-state index contributed by atoms with van der Waals surface area (Å²) in [6.45, 7) is 0. The van der Waals surface area contributed by atoms with Crippen molar-refractivity contribution in [1.29, 1.82) is 0 Å². The summed E-state index contributed by atoms with van der Waals surface area (Å²) in [7, 11) is 1.18. The number of methoxy groups -OCH3 is 1. The molecule has 0 amide bonds. The van der Waals surface area contributed by atoms with Crippen LogP contribution in [-0.2, 0) is 9.53 Å². The number of hydrazone groups is 1. The van der Waals surface area contributed by atoms with Gasteiger partial charge in [0.1, 0.15) is 10.8 Å². The van der Waals surface area contributed by atoms with Gasteiger partial charge in [-0.3, -0.25) is 5.43 Å². The Labute approximate surface area is 142 Å². The number of esters is 1. The first kappa shape index (κ1) is 18.4. The van der Waals surface area contributed by atoms with E-state index >= 15 is 0 Å². The summed E-state index contributed by atoms with van der Waals surface area (Å²) in [4.78, 5) is 22.0. The molecule has 0 bridgehead atoms. The number of nitrogens with one attached hydrogen (secondary N) is 1. The highest BCUT2D eigenvalue weighted by Crippen LogP contribution is 2.25. The van der Waals surface area contributed by atoms with E-state index in [9.17, 15) is 14.0 Å². The maximum atomic E-state index is 13.7. The van der Waals surface area contributed by atoms with Crippen LogP contribution in [0.15, 0.2) is 31.8 Å². The minimum Gasteiger partial charge on any atom is -0.477 e. The van der Waals surface area contributed by atoms with Gasteiger partial charge >= 0.3 is 11.9 Å². The normalized spacial score (nSPS) is 12.0. The van der Waals surface area contributed by atoms with E-state index in [2.05, 4.69) is 31.2 Å². The van der Waals surface area contributed by atoms with Crippen molar-refractivity contribution in [2.75, 3.05) is 12.5 Å². The smallest absolute Gasteiger partial charge is 0.348 e. The highest BCUT2D eigenvalue weighted by Gasteiger charge is 2.15. The summed E-state index contributed by atoms with van der Waals surface area (Å²) in [6, 6.07) is 2.21. The van der Waals surface area contributed by atoms with Gasteiger partial charge in [-0.25, -0.2) is 14.0 Å². The number of hydrogen-bond donors (Lipinski definition) is 2. The first-order valence-electron chi connectivity index (χ1n) is 5.43. The van der Waals surface area contributed by atoms with Crippen LogP contribution in [0.1, 0.15) is 10.4 Å². The fourth-order valence-corrected chi connectivity index (χ4v) is 1.87. The van der Waals surface area contributed by atoms with E-state index < -0.39 is 22.8 Å². The van der Waals surface area contributed by atoms with Crippen molar-refractivity contribution in [3.05, 3.63) is 38.1 Å². The number of aliphatic carboxylic acids is 1. The SMILES string of the molecule is COC(=O)c1cc(N/N=C/C(Cl)=C(/Cl)C(=O)O)c(F)cc1Br. The molecule has 118 valence electrons. The molecule has 0 radical (unpaired) electrons. The topological polar surface area (TPSA) is 88.0 Å². The molecular weight excluding hydrogens is 406 g/mol. The quantitative estimate of drug-likeness (QED) is 0.333. The third-order valence-electron chi connectivity index (χ3n) is 2.22. The van der Waals surface area contributed by atoms with E-state index in [4.69, 9.17) is 28.3 Å². The molecular formula is C12H8BrCl2FN2O4. The molecule has 0 saturated heterocycles. The van der Waals surface area contributed by atoms with Crippen LogP contribution in [0.25, 0.3) is 0 Å². The minimum atomic E-state index is -1.43. The van der Waals surface area contributed by atoms with Crippen LogP contribution in [0, 0.1) is 5.82 Å². The Morgan fingerprint density at radius 2 is 2.09 bits per heavy atom. The Kier molecular flexibility index (Phi) is 6.79. The van der Waals surface area contributed by atoms with Gasteiger partial charge in [-0.1, -0.05) is 23.2 Å². The Balaban J connectivity index is 3.02. The molecule has 0 aromatic heterocycles. The standard InChI is InChI=1S/C12H8BrCl2FN2O4/c1-22-12(21)5-2-9(8(16)3-6(5)13)18-17-4-7(14)10(15)11(19)20/h2-4,18H,1H3,(H,19,20)/b10-7-,17-4+. The molecule has 0 aliphatic rings. The number of hydrogen-bond acceptors (Lipinski definition) is 5. The van der Waals surface area contributed by atoms with Crippen molar-refractivity contribution in [3.63, 3.8) is 0 Å². The molecule has 2 N–H and O–H groups in total. The first-order valence-corrected chi connectivity index (χ1v) is 6.97. The van der Waals surface area contributed by atoms with Crippen molar-refractivity contribution in [1.82, 2.24) is 0 Å². The molecule has 22 heavy (non-hydrogen) atoms. The molecule has 0 spiro atoms. The zero-order chi connectivity index (χ0) is 16.9. The lowest BCUT2D eigenvalue weighted by Gasteiger charge is -2.07. The average Bonchev–Trinajstić information content (AvgIpc) is 2.47. The summed E-state index contributed by atoms with van der Waals surface area (Å²) in [6.07, 6.45) is 0.886. The second kappa shape index (κ2) is 8.11. The van der Waals surface area contributed by atoms with Crippen LogP contribution in [0.3, 0.4) is 0 Å². The van der Waals surface area contributed by atoms with Crippen LogP contribution in [0.4, 0.5) is 10.1 Å². The summed E-state index contributed by atoms with van der Waals surface area (Å²) in [5.41, 5.74) is 2.21. The second-order valence-electron chi connectivity index (χ2n) is 3.64. The zero-order valence-corrected chi connectivity index (χ0v) is 14.0. The van der Waals surface area contributed by atoms with Gasteiger partial charge in [0.05, 0.1) is 29.6 Å². The zero-order valence-electron chi connectivity index (χ0n) is 10.9. The molecule has 0 aliphatic heterocycles. The molecule has 10 heteroatoms. The number of carbonyl (C=O) groups excluding carboxylic acids is 1. The van der Waals surface area contributed by atoms with Crippen molar-refractivity contribution < 1.29 is 23.8 Å². The highest BCUT2D eigenvalue weighted by atomic mass is 79.9. The van der Waals surface area contributed by atoms with Gasteiger partial charge in [0, 0.05) is 4.47 Å². The van der Waals surface area contributed by atoms with Crippen LogP contribution in [0.5, 0.6) is 0 Å². The van der Waals surface area contributed by atoms with Crippen molar-refractivity contribution >= 4 is 63.0 Å². The molecule has 0 saturated carbocycles. The molecule has 0 unspecified atom stereocenters. The Hall–Kier alpha value is -1.64. The lowest BCUT2D eigenvalue weighted by Crippen LogP contribution is -2.05. The second-order valence-corrected chi connectivity index (χ2v) is 5.28. The van der Waals surface area contributed by atoms with Gasteiger partial charge in [0.15, 0.2) is 0 Å². The predicted molar refractivity (Wildman–Crippen MR) is 83.9 cm³/mol. The van der Waals surface area contributed by atoms with Gasteiger partial charge < -0.3 is 9.84 Å². The number of allylic oxidation sites excluding steroid dienone is 1. The molecule has 0 fully saturated rings. The van der Waals surface area contributed by atoms with Crippen LogP contribution in [-0.4, -0.2) is 30.4 Å². The fourth-order valence-electron chi connectivity index (χ4n) is 1.22. The first-order chi connectivity index (χ1) is 10.3. The van der Waals surface area contributed by atoms with Crippen LogP contribution >= 0.6 is 39.1 Å². The highest BCUT2D eigenvalue weighted by molar-refractivity contribution is 9.10. The maximum Gasteiger partial charge on any atom is 0.348 e. The van der Waals surface area contributed by atoms with Gasteiger partial charge in [-0.05, 0) is 28.1 Å². The van der Waals surface area contributed by atoms with Crippen molar-refractivity contribution in [2.24, 2.45) is 5.10 Å². The van der Waals surface area contributed by atoms with E-state index in [-0.39, 0.29) is 20.8 Å². The minimum absolute atomic E-state index is 0.0757. The fraction of sp³-hybridized carbons (Fsp3) is 0.0833. The van der Waals surface area contributed by atoms with Crippen LogP contribution in [0.2, 0.25) is 0 Å². The number of carboxylic acids is 1. The Bertz CT molecular complexity index is 679. The number of carbonyl (C=O) groups is 2. The molecule has 1 aromatic carbocycles. The maximum absolute atomic E-state index is 13.7. The Morgan fingerprint density at radius 3 is 2.64 bits per heavy atom. The third-order valence-corrected chi connectivity index (χ3v) is 3.63. The van der Waals surface area contributed by atoms with E-state index in [1.807, 2.05) is 0 Å². The number of carboxylic acid groups (broad SMARTS) is 1. The van der Waals surface area contributed by atoms with Gasteiger partial charge in [0.2, 0.25) is 0 Å². The lowest BCUT2D eigenvalue weighted by atomic mass is 10.2. The third kappa shape index (κ3) is 4.69. The van der Waals surface area contributed by atoms with E-state index in [0.29, 0.717) is 0 Å². The molecule has 6 nitrogen and oxygen atoms in total. The van der Waals surface area contributed by atoms with Crippen molar-refractivity contribution in [2.45, 2.75) is 0 Å². The van der Waals surface area contributed by atoms with Gasteiger partial charge in [-0.15, -0.1) is 0 Å². The number of ether oxygens (including phenoxy) is 1.